The molecule has 6 heteroatoms. The van der Waals surface area contributed by atoms with E-state index in [1.54, 1.807) is 18.0 Å². The van der Waals surface area contributed by atoms with Crippen molar-refractivity contribution in [1.29, 1.82) is 0 Å². The number of hydrogen-bond donors (Lipinski definition) is 2. The van der Waals surface area contributed by atoms with E-state index < -0.39 is 5.97 Å². The van der Waals surface area contributed by atoms with Crippen LogP contribution < -0.4 is 5.32 Å². The predicted molar refractivity (Wildman–Crippen MR) is 74.9 cm³/mol. The molecule has 92 valence electrons. The van der Waals surface area contributed by atoms with Crippen molar-refractivity contribution >= 4 is 39.5 Å². The zero-order chi connectivity index (χ0) is 12.7. The van der Waals surface area contributed by atoms with Gasteiger partial charge in [0.05, 0.1) is 0 Å². The molecule has 0 aliphatic heterocycles. The summed E-state index contributed by atoms with van der Waals surface area (Å²) in [5.41, 5.74) is 0.174. The van der Waals surface area contributed by atoms with E-state index in [0.29, 0.717) is 16.8 Å². The summed E-state index contributed by atoms with van der Waals surface area (Å²) in [6.07, 6.45) is 3.41. The van der Waals surface area contributed by atoms with Crippen molar-refractivity contribution in [3.63, 3.8) is 0 Å². The van der Waals surface area contributed by atoms with Crippen LogP contribution in [0.25, 0.3) is 0 Å². The van der Waals surface area contributed by atoms with Crippen molar-refractivity contribution in [3.8, 4) is 0 Å². The lowest BCUT2D eigenvalue weighted by Gasteiger charge is -2.08. The highest BCUT2D eigenvalue weighted by Crippen LogP contribution is 2.18. The monoisotopic (exact) mass is 316 g/mol. The van der Waals surface area contributed by atoms with Crippen LogP contribution in [0.15, 0.2) is 29.4 Å². The number of pyridine rings is 1. The number of carbonyl (C=O) groups is 1. The summed E-state index contributed by atoms with van der Waals surface area (Å²) in [5, 5.41) is 12.0. The number of anilines is 1. The standard InChI is InChI=1S/C11H13BrN2O2S/c1-2-4-17-5-3-13-10-9(11(15)16)6-8(12)7-14-10/h2,6-7H,1,3-5H2,(H,13,14)(H,15,16). The second kappa shape index (κ2) is 7.34. The molecule has 0 bridgehead atoms. The summed E-state index contributed by atoms with van der Waals surface area (Å²) in [4.78, 5) is 15.0. The Labute approximate surface area is 113 Å². The molecule has 0 amide bonds. The van der Waals surface area contributed by atoms with Gasteiger partial charge in [-0.05, 0) is 22.0 Å². The number of carboxylic acids is 1. The van der Waals surface area contributed by atoms with Crippen LogP contribution in [0.4, 0.5) is 5.82 Å². The second-order valence-electron chi connectivity index (χ2n) is 3.15. The molecule has 1 aromatic rings. The zero-order valence-electron chi connectivity index (χ0n) is 9.15. The third-order valence-corrected chi connectivity index (χ3v) is 3.26. The number of nitrogens with one attached hydrogen (secondary N) is 1. The Morgan fingerprint density at radius 3 is 3.12 bits per heavy atom. The fraction of sp³-hybridized carbons (Fsp3) is 0.273. The highest BCUT2D eigenvalue weighted by molar-refractivity contribution is 9.10. The first-order chi connectivity index (χ1) is 8.15. The summed E-state index contributed by atoms with van der Waals surface area (Å²) in [6, 6.07) is 1.54. The Morgan fingerprint density at radius 1 is 1.71 bits per heavy atom. The van der Waals surface area contributed by atoms with Crippen molar-refractivity contribution < 1.29 is 9.90 Å². The van der Waals surface area contributed by atoms with Crippen LogP contribution in [0, 0.1) is 0 Å². The maximum Gasteiger partial charge on any atom is 0.339 e. The van der Waals surface area contributed by atoms with E-state index in [-0.39, 0.29) is 5.56 Å². The van der Waals surface area contributed by atoms with Gasteiger partial charge >= 0.3 is 5.97 Å². The minimum Gasteiger partial charge on any atom is -0.478 e. The van der Waals surface area contributed by atoms with Crippen LogP contribution in [0.5, 0.6) is 0 Å². The molecule has 0 atom stereocenters. The number of nitrogens with zero attached hydrogens (tertiary/aromatic N) is 1. The van der Waals surface area contributed by atoms with Gasteiger partial charge in [0.1, 0.15) is 11.4 Å². The lowest BCUT2D eigenvalue weighted by molar-refractivity contribution is 0.0697. The molecule has 2 N–H and O–H groups in total. The Hall–Kier alpha value is -1.01. The molecular weight excluding hydrogens is 304 g/mol. The molecule has 4 nitrogen and oxygen atoms in total. The molecule has 1 aromatic heterocycles. The molecule has 0 saturated carbocycles. The van der Waals surface area contributed by atoms with Gasteiger partial charge in [-0.25, -0.2) is 9.78 Å². The second-order valence-corrected chi connectivity index (χ2v) is 5.21. The molecule has 0 aliphatic rings. The van der Waals surface area contributed by atoms with Crippen molar-refractivity contribution in [3.05, 3.63) is 35.0 Å². The van der Waals surface area contributed by atoms with Crippen molar-refractivity contribution in [2.45, 2.75) is 0 Å². The van der Waals surface area contributed by atoms with E-state index >= 15 is 0 Å². The maximum atomic E-state index is 11.0. The lowest BCUT2D eigenvalue weighted by atomic mass is 10.2. The van der Waals surface area contributed by atoms with E-state index in [9.17, 15) is 4.79 Å². The molecule has 0 saturated heterocycles. The molecule has 0 unspecified atom stereocenters. The third kappa shape index (κ3) is 4.79. The molecule has 0 aliphatic carbocycles. The Morgan fingerprint density at radius 2 is 2.47 bits per heavy atom. The van der Waals surface area contributed by atoms with Crippen molar-refractivity contribution in [2.24, 2.45) is 0 Å². The first-order valence-electron chi connectivity index (χ1n) is 4.96. The summed E-state index contributed by atoms with van der Waals surface area (Å²) in [6.45, 7) is 4.30. The SMILES string of the molecule is C=CCSCCNc1ncc(Br)cc1C(=O)O. The first kappa shape index (κ1) is 14.1. The molecule has 0 aromatic carbocycles. The number of halogens is 1. The van der Waals surface area contributed by atoms with Crippen LogP contribution in [-0.4, -0.2) is 34.1 Å². The maximum absolute atomic E-state index is 11.0. The van der Waals surface area contributed by atoms with E-state index in [2.05, 4.69) is 32.8 Å². The molecule has 17 heavy (non-hydrogen) atoms. The van der Waals surface area contributed by atoms with Crippen LogP contribution in [-0.2, 0) is 0 Å². The van der Waals surface area contributed by atoms with Gasteiger partial charge in [0.25, 0.3) is 0 Å². The van der Waals surface area contributed by atoms with Crippen molar-refractivity contribution in [2.75, 3.05) is 23.4 Å². The summed E-state index contributed by atoms with van der Waals surface area (Å²) >= 11 is 4.92. The van der Waals surface area contributed by atoms with E-state index in [4.69, 9.17) is 5.11 Å². The van der Waals surface area contributed by atoms with Gasteiger partial charge in [-0.3, -0.25) is 0 Å². The minimum absolute atomic E-state index is 0.174. The fourth-order valence-electron chi connectivity index (χ4n) is 1.15. The van der Waals surface area contributed by atoms with Gasteiger partial charge in [0.15, 0.2) is 0 Å². The quantitative estimate of drug-likeness (QED) is 0.598. The predicted octanol–water partition coefficient (Wildman–Crippen LogP) is 2.87. The number of aromatic carboxylic acids is 1. The lowest BCUT2D eigenvalue weighted by Crippen LogP contribution is -2.11. The van der Waals surface area contributed by atoms with Crippen LogP contribution in [0.1, 0.15) is 10.4 Å². The van der Waals surface area contributed by atoms with E-state index in [1.807, 2.05) is 6.08 Å². The van der Waals surface area contributed by atoms with Crippen LogP contribution in [0.2, 0.25) is 0 Å². The van der Waals surface area contributed by atoms with Crippen LogP contribution >= 0.6 is 27.7 Å². The zero-order valence-corrected chi connectivity index (χ0v) is 11.6. The van der Waals surface area contributed by atoms with Gasteiger partial charge in [-0.15, -0.1) is 6.58 Å². The van der Waals surface area contributed by atoms with Gasteiger partial charge in [0.2, 0.25) is 0 Å². The normalized spacial score (nSPS) is 9.94. The molecular formula is C11H13BrN2O2S. The number of aromatic nitrogens is 1. The van der Waals surface area contributed by atoms with Crippen LogP contribution in [0.3, 0.4) is 0 Å². The highest BCUT2D eigenvalue weighted by atomic mass is 79.9. The summed E-state index contributed by atoms with van der Waals surface area (Å²) in [7, 11) is 0. The fourth-order valence-corrected chi connectivity index (χ4v) is 2.06. The first-order valence-corrected chi connectivity index (χ1v) is 6.91. The smallest absolute Gasteiger partial charge is 0.339 e. The largest absolute Gasteiger partial charge is 0.478 e. The van der Waals surface area contributed by atoms with Gasteiger partial charge in [0, 0.05) is 28.7 Å². The molecule has 1 rings (SSSR count). The molecule has 0 radical (unpaired) electrons. The summed E-state index contributed by atoms with van der Waals surface area (Å²) < 4.78 is 0.654. The number of carboxylic acid groups (broad SMARTS) is 1. The number of hydrogen-bond acceptors (Lipinski definition) is 4. The van der Waals surface area contributed by atoms with Gasteiger partial charge in [-0.1, -0.05) is 6.08 Å². The molecule has 1 heterocycles. The van der Waals surface area contributed by atoms with Gasteiger partial charge < -0.3 is 10.4 Å². The average molecular weight is 317 g/mol. The van der Waals surface area contributed by atoms with Crippen molar-refractivity contribution in [1.82, 2.24) is 4.98 Å². The Kier molecular flexibility index (Phi) is 6.07. The third-order valence-electron chi connectivity index (χ3n) is 1.86. The minimum atomic E-state index is -0.986. The highest BCUT2D eigenvalue weighted by Gasteiger charge is 2.11. The Balaban J connectivity index is 2.58. The number of rotatable bonds is 7. The topological polar surface area (TPSA) is 62.2 Å². The average Bonchev–Trinajstić information content (AvgIpc) is 2.30. The number of thioether (sulfide) groups is 1. The van der Waals surface area contributed by atoms with Gasteiger partial charge in [-0.2, -0.15) is 11.8 Å². The summed E-state index contributed by atoms with van der Waals surface area (Å²) in [5.74, 6) is 1.18. The van der Waals surface area contributed by atoms with E-state index in [0.717, 1.165) is 11.5 Å². The molecule has 0 fully saturated rings. The molecule has 0 spiro atoms. The van der Waals surface area contributed by atoms with E-state index in [1.165, 1.54) is 6.07 Å². The Bertz CT molecular complexity index is 412.